The van der Waals surface area contributed by atoms with Crippen LogP contribution in [-0.2, 0) is 14.3 Å². The van der Waals surface area contributed by atoms with E-state index in [1.165, 1.54) is 7.11 Å². The number of H-pyrrole nitrogens is 1. The molecule has 1 aromatic carbocycles. The summed E-state index contributed by atoms with van der Waals surface area (Å²) in [6.45, 7) is 7.49. The van der Waals surface area contributed by atoms with Gasteiger partial charge in [0.15, 0.2) is 0 Å². The average Bonchev–Trinajstić information content (AvgIpc) is 3.50. The zero-order valence-corrected chi connectivity index (χ0v) is 21.4. The van der Waals surface area contributed by atoms with E-state index in [1.807, 2.05) is 49.2 Å². The number of hydrogen-bond donors (Lipinski definition) is 2. The number of alkyl carbamates (subject to hydrolysis) is 1. The molecule has 184 valence electrons. The second kappa shape index (κ2) is 10.9. The number of aromatic amines is 1. The maximum Gasteiger partial charge on any atom is 0.407 e. The molecule has 2 saturated heterocycles. The quantitative estimate of drug-likeness (QED) is 0.591. The first-order chi connectivity index (χ1) is 16.4. The summed E-state index contributed by atoms with van der Waals surface area (Å²) >= 11 is 3.47. The second-order valence-corrected chi connectivity index (χ2v) is 10.00. The summed E-state index contributed by atoms with van der Waals surface area (Å²) in [4.78, 5) is 38.1. The van der Waals surface area contributed by atoms with Gasteiger partial charge in [-0.05, 0) is 24.5 Å². The van der Waals surface area contributed by atoms with Gasteiger partial charge in [0.1, 0.15) is 11.9 Å². The highest BCUT2D eigenvalue weighted by atomic mass is 79.9. The van der Waals surface area contributed by atoms with E-state index in [-0.39, 0.29) is 23.9 Å². The number of ether oxygens (including phenoxy) is 2. The highest BCUT2D eigenvalue weighted by molar-refractivity contribution is 9.10. The largest absolute Gasteiger partial charge is 0.453 e. The summed E-state index contributed by atoms with van der Waals surface area (Å²) in [7, 11) is 1.30. The normalized spacial score (nSPS) is 22.1. The molecule has 10 heteroatoms. The number of benzene rings is 1. The fourth-order valence-corrected chi connectivity index (χ4v) is 4.94. The van der Waals surface area contributed by atoms with Crippen LogP contribution in [0.4, 0.5) is 4.79 Å². The molecule has 34 heavy (non-hydrogen) atoms. The van der Waals surface area contributed by atoms with Crippen molar-refractivity contribution in [3.63, 3.8) is 0 Å². The summed E-state index contributed by atoms with van der Waals surface area (Å²) in [6.07, 6.45) is 2.04. The lowest BCUT2D eigenvalue weighted by atomic mass is 10.0. The third kappa shape index (κ3) is 5.45. The summed E-state index contributed by atoms with van der Waals surface area (Å²) in [5, 5.41) is 2.72. The molecule has 0 aliphatic carbocycles. The Labute approximate surface area is 208 Å². The SMILES string of the molecule is COC(=O)NC(C(=O)N1C[C@@H](N2CCOCC2)C[C@H]1c1nc(-c2ccc(Br)cc2)c[nH]1)C(C)C. The molecule has 2 aliphatic rings. The van der Waals surface area contributed by atoms with Crippen LogP contribution in [0.5, 0.6) is 0 Å². The highest BCUT2D eigenvalue weighted by Gasteiger charge is 2.43. The van der Waals surface area contributed by atoms with E-state index in [9.17, 15) is 9.59 Å². The molecule has 4 rings (SSSR count). The number of nitrogens with zero attached hydrogens (tertiary/aromatic N) is 3. The predicted molar refractivity (Wildman–Crippen MR) is 131 cm³/mol. The van der Waals surface area contributed by atoms with Crippen molar-refractivity contribution >= 4 is 27.9 Å². The van der Waals surface area contributed by atoms with Crippen LogP contribution >= 0.6 is 15.9 Å². The molecule has 1 unspecified atom stereocenters. The minimum atomic E-state index is -0.681. The number of aromatic nitrogens is 2. The van der Waals surface area contributed by atoms with E-state index in [2.05, 4.69) is 31.1 Å². The Kier molecular flexibility index (Phi) is 7.90. The molecule has 0 saturated carbocycles. The van der Waals surface area contributed by atoms with Crippen LogP contribution in [0.1, 0.15) is 32.1 Å². The molecule has 3 heterocycles. The molecule has 1 aromatic heterocycles. The number of nitrogens with one attached hydrogen (secondary N) is 2. The first kappa shape index (κ1) is 24.7. The van der Waals surface area contributed by atoms with E-state index in [1.54, 1.807) is 0 Å². The Balaban J connectivity index is 1.61. The zero-order chi connectivity index (χ0) is 24.2. The predicted octanol–water partition coefficient (Wildman–Crippen LogP) is 3.19. The fourth-order valence-electron chi connectivity index (χ4n) is 4.68. The number of likely N-dealkylation sites (tertiary alicyclic amines) is 1. The highest BCUT2D eigenvalue weighted by Crippen LogP contribution is 2.35. The Morgan fingerprint density at radius 2 is 1.94 bits per heavy atom. The summed E-state index contributed by atoms with van der Waals surface area (Å²) in [6, 6.07) is 7.28. The van der Waals surface area contributed by atoms with Gasteiger partial charge in [-0.15, -0.1) is 0 Å². The number of hydrogen-bond acceptors (Lipinski definition) is 6. The van der Waals surface area contributed by atoms with Crippen LogP contribution in [0, 0.1) is 5.92 Å². The second-order valence-electron chi connectivity index (χ2n) is 9.08. The average molecular weight is 534 g/mol. The first-order valence-corrected chi connectivity index (χ1v) is 12.4. The van der Waals surface area contributed by atoms with Gasteiger partial charge in [-0.3, -0.25) is 9.69 Å². The number of morpholine rings is 1. The van der Waals surface area contributed by atoms with Crippen molar-refractivity contribution < 1.29 is 19.1 Å². The molecular formula is C24H32BrN5O4. The van der Waals surface area contributed by atoms with E-state index in [0.717, 1.165) is 41.1 Å². The number of carbonyl (C=O) groups excluding carboxylic acids is 2. The van der Waals surface area contributed by atoms with E-state index >= 15 is 0 Å². The number of halogens is 1. The molecule has 2 N–H and O–H groups in total. The van der Waals surface area contributed by atoms with Gasteiger partial charge >= 0.3 is 6.09 Å². The number of imidazole rings is 1. The van der Waals surface area contributed by atoms with Crippen LogP contribution in [-0.4, -0.2) is 83.8 Å². The standard InChI is InChI=1S/C24H32BrN5O4/c1-15(2)21(28-24(32)33-3)23(31)30-14-18(29-8-10-34-11-9-29)12-20(30)22-26-13-19(27-22)16-4-6-17(25)7-5-16/h4-7,13,15,18,20-21H,8-12,14H2,1-3H3,(H,26,27)(H,28,32)/t18-,20-,21?/m0/s1. The van der Waals surface area contributed by atoms with Crippen LogP contribution in [0.25, 0.3) is 11.3 Å². The maximum absolute atomic E-state index is 13.7. The van der Waals surface area contributed by atoms with Crippen LogP contribution in [0.3, 0.4) is 0 Å². The number of rotatable bonds is 6. The van der Waals surface area contributed by atoms with Crippen molar-refractivity contribution in [3.8, 4) is 11.3 Å². The van der Waals surface area contributed by atoms with E-state index < -0.39 is 12.1 Å². The Hall–Kier alpha value is -2.43. The molecule has 2 fully saturated rings. The third-order valence-corrected chi connectivity index (χ3v) is 7.10. The smallest absolute Gasteiger partial charge is 0.407 e. The topological polar surface area (TPSA) is 99.8 Å². The zero-order valence-electron chi connectivity index (χ0n) is 19.8. The number of methoxy groups -OCH3 is 1. The fraction of sp³-hybridized carbons (Fsp3) is 0.542. The monoisotopic (exact) mass is 533 g/mol. The molecule has 2 amide bonds. The van der Waals surface area contributed by atoms with Crippen LogP contribution in [0.2, 0.25) is 0 Å². The lowest BCUT2D eigenvalue weighted by Gasteiger charge is -2.32. The molecular weight excluding hydrogens is 502 g/mol. The minimum absolute atomic E-state index is 0.0929. The Morgan fingerprint density at radius 3 is 2.59 bits per heavy atom. The van der Waals surface area contributed by atoms with Crippen molar-refractivity contribution in [2.24, 2.45) is 5.92 Å². The van der Waals surface area contributed by atoms with Crippen molar-refractivity contribution in [1.29, 1.82) is 0 Å². The lowest BCUT2D eigenvalue weighted by molar-refractivity contribution is -0.135. The minimum Gasteiger partial charge on any atom is -0.453 e. The van der Waals surface area contributed by atoms with Gasteiger partial charge in [-0.2, -0.15) is 0 Å². The first-order valence-electron chi connectivity index (χ1n) is 11.7. The Bertz CT molecular complexity index is 990. The summed E-state index contributed by atoms with van der Waals surface area (Å²) in [5.74, 6) is 0.537. The molecule has 3 atom stereocenters. The van der Waals surface area contributed by atoms with E-state index in [4.69, 9.17) is 14.5 Å². The van der Waals surface area contributed by atoms with Gasteiger partial charge in [0.2, 0.25) is 5.91 Å². The maximum atomic E-state index is 13.7. The number of carbonyl (C=O) groups is 2. The van der Waals surface area contributed by atoms with Crippen LogP contribution < -0.4 is 5.32 Å². The third-order valence-electron chi connectivity index (χ3n) is 6.57. The van der Waals surface area contributed by atoms with Crippen molar-refractivity contribution in [1.82, 2.24) is 25.1 Å². The molecule has 0 radical (unpaired) electrons. The molecule has 2 aromatic rings. The Morgan fingerprint density at radius 1 is 1.24 bits per heavy atom. The van der Waals surface area contributed by atoms with Gasteiger partial charge in [-0.25, -0.2) is 9.78 Å². The van der Waals surface area contributed by atoms with Gasteiger partial charge in [0, 0.05) is 41.9 Å². The van der Waals surface area contributed by atoms with Crippen LogP contribution in [0.15, 0.2) is 34.9 Å². The van der Waals surface area contributed by atoms with Crippen molar-refractivity contribution in [2.45, 2.75) is 38.4 Å². The van der Waals surface area contributed by atoms with Gasteiger partial charge in [0.25, 0.3) is 0 Å². The van der Waals surface area contributed by atoms with E-state index in [0.29, 0.717) is 19.8 Å². The molecule has 0 bridgehead atoms. The summed E-state index contributed by atoms with van der Waals surface area (Å²) in [5.41, 5.74) is 1.83. The van der Waals surface area contributed by atoms with Gasteiger partial charge in [0.05, 0.1) is 32.1 Å². The number of amides is 2. The summed E-state index contributed by atoms with van der Waals surface area (Å²) < 4.78 is 11.3. The molecule has 0 spiro atoms. The van der Waals surface area contributed by atoms with Crippen molar-refractivity contribution in [3.05, 3.63) is 40.8 Å². The van der Waals surface area contributed by atoms with Gasteiger partial charge < -0.3 is 24.7 Å². The lowest BCUT2D eigenvalue weighted by Crippen LogP contribution is -2.52. The van der Waals surface area contributed by atoms with Crippen molar-refractivity contribution in [2.75, 3.05) is 40.0 Å². The van der Waals surface area contributed by atoms with Gasteiger partial charge in [-0.1, -0.05) is 41.9 Å². The molecule has 9 nitrogen and oxygen atoms in total. The molecule has 2 aliphatic heterocycles.